The van der Waals surface area contributed by atoms with Crippen LogP contribution in [0.4, 0.5) is 4.79 Å². The molecular weight excluding hydrogens is 302 g/mol. The number of hydrogen-bond donors (Lipinski definition) is 1. The zero-order chi connectivity index (χ0) is 16.9. The molecule has 5 heteroatoms. The van der Waals surface area contributed by atoms with Crippen molar-refractivity contribution >= 4 is 11.9 Å². The molecule has 0 spiro atoms. The largest absolute Gasteiger partial charge is 0.341 e. The SMILES string of the molecule is CC1CCN(C(=O)[C@@H]2CCCN2C(=O)NCc2ccccc2)CC1. The molecule has 1 aromatic carbocycles. The summed E-state index contributed by atoms with van der Waals surface area (Å²) in [6.45, 7) is 5.06. The van der Waals surface area contributed by atoms with Crippen LogP contribution in [0, 0.1) is 5.92 Å². The maximum absolute atomic E-state index is 12.8. The number of urea groups is 1. The summed E-state index contributed by atoms with van der Waals surface area (Å²) in [4.78, 5) is 29.0. The van der Waals surface area contributed by atoms with Crippen molar-refractivity contribution in [2.45, 2.75) is 45.2 Å². The lowest BCUT2D eigenvalue weighted by Gasteiger charge is -2.34. The molecule has 0 aromatic heterocycles. The summed E-state index contributed by atoms with van der Waals surface area (Å²) in [7, 11) is 0. The highest BCUT2D eigenvalue weighted by molar-refractivity contribution is 5.87. The molecule has 3 rings (SSSR count). The van der Waals surface area contributed by atoms with E-state index in [4.69, 9.17) is 0 Å². The first-order chi connectivity index (χ1) is 11.6. The first-order valence-electron chi connectivity index (χ1n) is 9.02. The highest BCUT2D eigenvalue weighted by Crippen LogP contribution is 2.23. The summed E-state index contributed by atoms with van der Waals surface area (Å²) < 4.78 is 0. The van der Waals surface area contributed by atoms with Crippen LogP contribution in [0.1, 0.15) is 38.2 Å². The molecule has 2 aliphatic heterocycles. The van der Waals surface area contributed by atoms with Gasteiger partial charge in [-0.25, -0.2) is 4.79 Å². The van der Waals surface area contributed by atoms with Crippen molar-refractivity contribution in [1.82, 2.24) is 15.1 Å². The van der Waals surface area contributed by atoms with Crippen molar-refractivity contribution in [2.24, 2.45) is 5.92 Å². The molecule has 0 radical (unpaired) electrons. The number of nitrogens with zero attached hydrogens (tertiary/aromatic N) is 2. The van der Waals surface area contributed by atoms with Gasteiger partial charge in [0, 0.05) is 26.2 Å². The highest BCUT2D eigenvalue weighted by Gasteiger charge is 2.37. The zero-order valence-electron chi connectivity index (χ0n) is 14.4. The lowest BCUT2D eigenvalue weighted by molar-refractivity contribution is -0.136. The molecule has 1 N–H and O–H groups in total. The molecule has 3 amide bonds. The van der Waals surface area contributed by atoms with Gasteiger partial charge in [0.15, 0.2) is 0 Å². The van der Waals surface area contributed by atoms with Crippen molar-refractivity contribution in [3.63, 3.8) is 0 Å². The predicted octanol–water partition coefficient (Wildman–Crippen LogP) is 2.62. The summed E-state index contributed by atoms with van der Waals surface area (Å²) in [6.07, 6.45) is 3.82. The van der Waals surface area contributed by atoms with Crippen molar-refractivity contribution in [2.75, 3.05) is 19.6 Å². The molecule has 2 fully saturated rings. The van der Waals surface area contributed by atoms with Crippen molar-refractivity contribution in [3.8, 4) is 0 Å². The Bertz CT molecular complexity index is 567. The van der Waals surface area contributed by atoms with Gasteiger partial charge in [0.2, 0.25) is 5.91 Å². The first kappa shape index (κ1) is 16.8. The van der Waals surface area contributed by atoms with Crippen molar-refractivity contribution in [1.29, 1.82) is 0 Å². The van der Waals surface area contributed by atoms with Crippen LogP contribution in [0.15, 0.2) is 30.3 Å². The standard InChI is InChI=1S/C19H27N3O2/c1-15-9-12-21(13-10-15)18(23)17-8-5-11-22(17)19(24)20-14-16-6-3-2-4-7-16/h2-4,6-7,15,17H,5,8-14H2,1H3,(H,20,24)/t17-/m0/s1. The van der Waals surface area contributed by atoms with Crippen LogP contribution in [0.25, 0.3) is 0 Å². The van der Waals surface area contributed by atoms with E-state index >= 15 is 0 Å². The van der Waals surface area contributed by atoms with Gasteiger partial charge in [-0.3, -0.25) is 4.79 Å². The van der Waals surface area contributed by atoms with Crippen LogP contribution in [-0.2, 0) is 11.3 Å². The molecule has 2 saturated heterocycles. The molecule has 5 nitrogen and oxygen atoms in total. The Labute approximate surface area is 144 Å². The molecule has 130 valence electrons. The Morgan fingerprint density at radius 1 is 1.08 bits per heavy atom. The lowest BCUT2D eigenvalue weighted by Crippen LogP contribution is -2.52. The van der Waals surface area contributed by atoms with Crippen molar-refractivity contribution < 1.29 is 9.59 Å². The maximum Gasteiger partial charge on any atom is 0.318 e. The first-order valence-corrected chi connectivity index (χ1v) is 9.02. The highest BCUT2D eigenvalue weighted by atomic mass is 16.2. The number of piperidine rings is 1. The van der Waals surface area contributed by atoms with Gasteiger partial charge in [-0.2, -0.15) is 0 Å². The Balaban J connectivity index is 1.56. The molecule has 2 aliphatic rings. The Hall–Kier alpha value is -2.04. The van der Waals surface area contributed by atoms with Gasteiger partial charge in [0.1, 0.15) is 6.04 Å². The quantitative estimate of drug-likeness (QED) is 0.927. The summed E-state index contributed by atoms with van der Waals surface area (Å²) in [5.74, 6) is 0.831. The van der Waals surface area contributed by atoms with Gasteiger partial charge in [-0.1, -0.05) is 37.3 Å². The van der Waals surface area contributed by atoms with Crippen molar-refractivity contribution in [3.05, 3.63) is 35.9 Å². The summed E-state index contributed by atoms with van der Waals surface area (Å²) in [5, 5.41) is 2.95. The molecular formula is C19H27N3O2. The van der Waals surface area contributed by atoms with Crippen LogP contribution in [0.5, 0.6) is 0 Å². The smallest absolute Gasteiger partial charge is 0.318 e. The van der Waals surface area contributed by atoms with Gasteiger partial charge < -0.3 is 15.1 Å². The van der Waals surface area contributed by atoms with Crippen LogP contribution in [0.2, 0.25) is 0 Å². The van der Waals surface area contributed by atoms with Gasteiger partial charge in [0.25, 0.3) is 0 Å². The minimum atomic E-state index is -0.283. The van der Waals surface area contributed by atoms with Gasteiger partial charge in [0.05, 0.1) is 0 Å². The predicted molar refractivity (Wildman–Crippen MR) is 93.4 cm³/mol. The summed E-state index contributed by atoms with van der Waals surface area (Å²) in [5.41, 5.74) is 1.07. The maximum atomic E-state index is 12.8. The average Bonchev–Trinajstić information content (AvgIpc) is 3.10. The molecule has 0 bridgehead atoms. The molecule has 0 saturated carbocycles. The van der Waals surface area contributed by atoms with E-state index in [-0.39, 0.29) is 18.0 Å². The van der Waals surface area contributed by atoms with Crippen LogP contribution in [-0.4, -0.2) is 47.4 Å². The van der Waals surface area contributed by atoms with E-state index in [0.29, 0.717) is 19.0 Å². The number of benzene rings is 1. The topological polar surface area (TPSA) is 52.7 Å². The fourth-order valence-corrected chi connectivity index (χ4v) is 3.58. The third kappa shape index (κ3) is 3.89. The van der Waals surface area contributed by atoms with Crippen LogP contribution in [0.3, 0.4) is 0 Å². The zero-order valence-corrected chi connectivity index (χ0v) is 14.4. The van der Waals surface area contributed by atoms with Gasteiger partial charge in [-0.05, 0) is 37.2 Å². The van der Waals surface area contributed by atoms with E-state index in [1.165, 1.54) is 0 Å². The number of carbonyl (C=O) groups excluding carboxylic acids is 2. The Morgan fingerprint density at radius 3 is 2.50 bits per heavy atom. The summed E-state index contributed by atoms with van der Waals surface area (Å²) in [6, 6.07) is 9.44. The number of hydrogen-bond acceptors (Lipinski definition) is 2. The van der Waals surface area contributed by atoms with E-state index in [1.54, 1.807) is 4.90 Å². The minimum absolute atomic E-state index is 0.125. The molecule has 0 aliphatic carbocycles. The number of carbonyl (C=O) groups is 2. The second-order valence-electron chi connectivity index (χ2n) is 7.00. The third-order valence-electron chi connectivity index (χ3n) is 5.18. The second-order valence-corrected chi connectivity index (χ2v) is 7.00. The number of likely N-dealkylation sites (tertiary alicyclic amines) is 2. The van der Waals surface area contributed by atoms with Crippen LogP contribution < -0.4 is 5.32 Å². The minimum Gasteiger partial charge on any atom is -0.341 e. The fraction of sp³-hybridized carbons (Fsp3) is 0.579. The molecule has 0 unspecified atom stereocenters. The molecule has 1 atom stereocenters. The van der Waals surface area contributed by atoms with E-state index in [1.807, 2.05) is 35.2 Å². The van der Waals surface area contributed by atoms with Crippen LogP contribution >= 0.6 is 0 Å². The second kappa shape index (κ2) is 7.69. The van der Waals surface area contributed by atoms with E-state index in [0.717, 1.165) is 44.3 Å². The monoisotopic (exact) mass is 329 g/mol. The normalized spacial score (nSPS) is 21.8. The van der Waals surface area contributed by atoms with Gasteiger partial charge >= 0.3 is 6.03 Å². The Morgan fingerprint density at radius 2 is 1.79 bits per heavy atom. The van der Waals surface area contributed by atoms with Gasteiger partial charge in [-0.15, -0.1) is 0 Å². The van der Waals surface area contributed by atoms with E-state index in [2.05, 4.69) is 12.2 Å². The lowest BCUT2D eigenvalue weighted by atomic mass is 9.98. The average molecular weight is 329 g/mol. The number of rotatable bonds is 3. The summed E-state index contributed by atoms with van der Waals surface area (Å²) >= 11 is 0. The molecule has 1 aromatic rings. The third-order valence-corrected chi connectivity index (χ3v) is 5.18. The fourth-order valence-electron chi connectivity index (χ4n) is 3.58. The number of nitrogens with one attached hydrogen (secondary N) is 1. The molecule has 2 heterocycles. The van der Waals surface area contributed by atoms with E-state index < -0.39 is 0 Å². The Kier molecular flexibility index (Phi) is 5.38. The van der Waals surface area contributed by atoms with E-state index in [9.17, 15) is 9.59 Å². The molecule has 24 heavy (non-hydrogen) atoms. The number of amides is 3.